The SMILES string of the molecule is COc1nc(C)c2nc(-c3cncc(F)c3)n(CC3=C(F)C=C(Br)CC3)c2n1. The highest BCUT2D eigenvalue weighted by atomic mass is 79.9. The van der Waals surface area contributed by atoms with Gasteiger partial charge in [0.05, 0.1) is 25.5 Å². The molecule has 0 spiro atoms. The number of hydrogen-bond acceptors (Lipinski definition) is 5. The van der Waals surface area contributed by atoms with Crippen LogP contribution in [0.3, 0.4) is 0 Å². The highest BCUT2D eigenvalue weighted by Gasteiger charge is 2.21. The minimum atomic E-state index is -0.480. The lowest BCUT2D eigenvalue weighted by molar-refractivity contribution is 0.380. The Morgan fingerprint density at radius 1 is 1.18 bits per heavy atom. The van der Waals surface area contributed by atoms with Gasteiger partial charge in [-0.2, -0.15) is 9.97 Å². The van der Waals surface area contributed by atoms with Crippen molar-refractivity contribution < 1.29 is 13.5 Å². The molecule has 0 saturated heterocycles. The lowest BCUT2D eigenvalue weighted by Gasteiger charge is -2.16. The minimum absolute atomic E-state index is 0.191. The van der Waals surface area contributed by atoms with Crippen molar-refractivity contribution in [2.24, 2.45) is 0 Å². The van der Waals surface area contributed by atoms with E-state index in [4.69, 9.17) is 4.74 Å². The zero-order valence-electron chi connectivity index (χ0n) is 15.2. The smallest absolute Gasteiger partial charge is 0.318 e. The van der Waals surface area contributed by atoms with E-state index in [2.05, 4.69) is 35.9 Å². The lowest BCUT2D eigenvalue weighted by atomic mass is 10.0. The number of hydrogen-bond donors (Lipinski definition) is 0. The molecule has 0 bridgehead atoms. The molecule has 1 aliphatic carbocycles. The van der Waals surface area contributed by atoms with Crippen LogP contribution in [-0.2, 0) is 6.54 Å². The van der Waals surface area contributed by atoms with Crippen LogP contribution in [0.2, 0.25) is 0 Å². The van der Waals surface area contributed by atoms with E-state index in [0.717, 1.165) is 10.7 Å². The fraction of sp³-hybridized carbons (Fsp3) is 0.263. The second-order valence-electron chi connectivity index (χ2n) is 6.42. The van der Waals surface area contributed by atoms with Crippen molar-refractivity contribution in [1.82, 2.24) is 24.5 Å². The lowest BCUT2D eigenvalue weighted by Crippen LogP contribution is -2.08. The Bertz CT molecular complexity index is 1140. The standard InChI is InChI=1S/C19H16BrF2N5O/c1-10-16-18(26-19(24-10)28-2)27(9-11-3-4-13(20)6-15(11)22)17(25-16)12-5-14(21)8-23-7-12/h5-8H,3-4,9H2,1-2H3. The van der Waals surface area contributed by atoms with E-state index in [9.17, 15) is 8.78 Å². The highest BCUT2D eigenvalue weighted by Crippen LogP contribution is 2.32. The first kappa shape index (κ1) is 18.7. The maximum absolute atomic E-state index is 14.5. The summed E-state index contributed by atoms with van der Waals surface area (Å²) >= 11 is 3.34. The third-order valence-corrected chi connectivity index (χ3v) is 5.16. The van der Waals surface area contributed by atoms with E-state index >= 15 is 0 Å². The van der Waals surface area contributed by atoms with Crippen LogP contribution in [0.15, 0.2) is 40.4 Å². The van der Waals surface area contributed by atoms with Gasteiger partial charge in [0, 0.05) is 11.8 Å². The molecule has 9 heteroatoms. The van der Waals surface area contributed by atoms with Crippen molar-refractivity contribution in [1.29, 1.82) is 0 Å². The number of halogens is 3. The maximum Gasteiger partial charge on any atom is 0.318 e. The summed E-state index contributed by atoms with van der Waals surface area (Å²) in [6, 6.07) is 1.53. The number of aryl methyl sites for hydroxylation is 1. The van der Waals surface area contributed by atoms with Gasteiger partial charge in [0.25, 0.3) is 0 Å². The average Bonchev–Trinajstić information content (AvgIpc) is 3.03. The van der Waals surface area contributed by atoms with Crippen molar-refractivity contribution in [2.45, 2.75) is 26.3 Å². The number of nitrogens with zero attached hydrogens (tertiary/aromatic N) is 5. The number of aromatic nitrogens is 5. The molecule has 1 aliphatic rings. The summed E-state index contributed by atoms with van der Waals surface area (Å²) in [6.07, 6.45) is 5.38. The summed E-state index contributed by atoms with van der Waals surface area (Å²) in [5.41, 5.74) is 2.76. The summed E-state index contributed by atoms with van der Waals surface area (Å²) in [5.74, 6) is -0.325. The van der Waals surface area contributed by atoms with Crippen LogP contribution in [0.25, 0.3) is 22.6 Å². The van der Waals surface area contributed by atoms with Gasteiger partial charge in [0.2, 0.25) is 0 Å². The number of ether oxygens (including phenoxy) is 1. The Morgan fingerprint density at radius 2 is 2.00 bits per heavy atom. The summed E-state index contributed by atoms with van der Waals surface area (Å²) in [6.45, 7) is 2.02. The molecule has 0 saturated carbocycles. The Balaban J connectivity index is 1.94. The predicted molar refractivity (Wildman–Crippen MR) is 104 cm³/mol. The fourth-order valence-corrected chi connectivity index (χ4v) is 3.55. The van der Waals surface area contributed by atoms with Crippen LogP contribution < -0.4 is 4.74 Å². The van der Waals surface area contributed by atoms with Gasteiger partial charge >= 0.3 is 6.01 Å². The molecular formula is C19H16BrF2N5O. The van der Waals surface area contributed by atoms with Crippen LogP contribution in [0.4, 0.5) is 8.78 Å². The Labute approximate surface area is 168 Å². The molecule has 0 aliphatic heterocycles. The zero-order valence-corrected chi connectivity index (χ0v) is 16.8. The van der Waals surface area contributed by atoms with Gasteiger partial charge < -0.3 is 9.30 Å². The molecule has 28 heavy (non-hydrogen) atoms. The number of pyridine rings is 1. The molecule has 4 rings (SSSR count). The molecule has 0 radical (unpaired) electrons. The number of rotatable bonds is 4. The molecule has 0 fully saturated rings. The topological polar surface area (TPSA) is 65.7 Å². The van der Waals surface area contributed by atoms with Crippen LogP contribution in [0.1, 0.15) is 18.5 Å². The van der Waals surface area contributed by atoms with Crippen molar-refractivity contribution in [3.8, 4) is 17.4 Å². The van der Waals surface area contributed by atoms with Crippen LogP contribution >= 0.6 is 15.9 Å². The third-order valence-electron chi connectivity index (χ3n) is 4.53. The summed E-state index contributed by atoms with van der Waals surface area (Å²) in [5, 5.41) is 0. The van der Waals surface area contributed by atoms with Gasteiger partial charge in [-0.1, -0.05) is 15.9 Å². The molecule has 0 aromatic carbocycles. The summed E-state index contributed by atoms with van der Waals surface area (Å²) in [4.78, 5) is 17.2. The highest BCUT2D eigenvalue weighted by molar-refractivity contribution is 9.11. The number of fused-ring (bicyclic) bond motifs is 1. The Hall–Kier alpha value is -2.68. The second-order valence-corrected chi connectivity index (χ2v) is 7.44. The maximum atomic E-state index is 14.5. The van der Waals surface area contributed by atoms with Crippen LogP contribution in [0.5, 0.6) is 6.01 Å². The van der Waals surface area contributed by atoms with Crippen molar-refractivity contribution in [3.63, 3.8) is 0 Å². The Kier molecular flexibility index (Phi) is 4.92. The van der Waals surface area contributed by atoms with Gasteiger partial charge in [-0.25, -0.2) is 13.8 Å². The normalized spacial score (nSPS) is 14.5. The zero-order chi connectivity index (χ0) is 19.8. The third kappa shape index (κ3) is 3.42. The Morgan fingerprint density at radius 3 is 2.71 bits per heavy atom. The van der Waals surface area contributed by atoms with E-state index in [1.54, 1.807) is 11.5 Å². The number of allylic oxidation sites excluding steroid dienone is 4. The molecule has 0 N–H and O–H groups in total. The quantitative estimate of drug-likeness (QED) is 0.582. The average molecular weight is 448 g/mol. The number of imidazole rings is 1. The van der Waals surface area contributed by atoms with Crippen LogP contribution in [-0.4, -0.2) is 31.6 Å². The first-order valence-corrected chi connectivity index (χ1v) is 9.39. The van der Waals surface area contributed by atoms with Gasteiger partial charge in [0.1, 0.15) is 23.0 Å². The van der Waals surface area contributed by atoms with Crippen LogP contribution in [0, 0.1) is 12.7 Å². The van der Waals surface area contributed by atoms with E-state index in [0.29, 0.717) is 46.7 Å². The molecule has 3 aromatic rings. The van der Waals surface area contributed by atoms with Gasteiger partial charge in [-0.05, 0) is 42.0 Å². The van der Waals surface area contributed by atoms with Crippen molar-refractivity contribution >= 4 is 27.1 Å². The predicted octanol–water partition coefficient (Wildman–Crippen LogP) is 4.64. The van der Waals surface area contributed by atoms with Gasteiger partial charge in [-0.3, -0.25) is 4.98 Å². The van der Waals surface area contributed by atoms with Crippen molar-refractivity contribution in [3.05, 3.63) is 51.9 Å². The molecule has 6 nitrogen and oxygen atoms in total. The minimum Gasteiger partial charge on any atom is -0.467 e. The van der Waals surface area contributed by atoms with E-state index in [-0.39, 0.29) is 18.4 Å². The largest absolute Gasteiger partial charge is 0.467 e. The monoisotopic (exact) mass is 447 g/mol. The molecule has 3 aromatic heterocycles. The van der Waals surface area contributed by atoms with Gasteiger partial charge in [0.15, 0.2) is 5.65 Å². The molecule has 3 heterocycles. The summed E-state index contributed by atoms with van der Waals surface area (Å²) in [7, 11) is 1.48. The molecule has 0 unspecified atom stereocenters. The molecular weight excluding hydrogens is 432 g/mol. The molecule has 144 valence electrons. The summed E-state index contributed by atoms with van der Waals surface area (Å²) < 4.78 is 36.0. The first-order valence-electron chi connectivity index (χ1n) is 8.59. The first-order chi connectivity index (χ1) is 13.5. The molecule has 0 atom stereocenters. The fourth-order valence-electron chi connectivity index (χ4n) is 3.15. The molecule has 0 amide bonds. The van der Waals surface area contributed by atoms with E-state index < -0.39 is 5.82 Å². The van der Waals surface area contributed by atoms with E-state index in [1.807, 2.05) is 0 Å². The van der Waals surface area contributed by atoms with Gasteiger partial charge in [-0.15, -0.1) is 0 Å². The number of methoxy groups -OCH3 is 1. The van der Waals surface area contributed by atoms with E-state index in [1.165, 1.54) is 25.4 Å². The van der Waals surface area contributed by atoms with Crippen molar-refractivity contribution in [2.75, 3.05) is 7.11 Å². The second kappa shape index (κ2) is 7.38.